The van der Waals surface area contributed by atoms with E-state index >= 15 is 0 Å². The molecule has 3 rings (SSSR count). The molecule has 2 fully saturated rings. The molecule has 2 N–H and O–H groups in total. The minimum Gasteiger partial charge on any atom is -0.456 e. The van der Waals surface area contributed by atoms with Gasteiger partial charge in [0.2, 0.25) is 0 Å². The summed E-state index contributed by atoms with van der Waals surface area (Å²) in [5.74, 6) is -0.467. The summed E-state index contributed by atoms with van der Waals surface area (Å²) in [6.07, 6.45) is 2.88. The first-order valence-corrected chi connectivity index (χ1v) is 14.4. The second kappa shape index (κ2) is 11.6. The van der Waals surface area contributed by atoms with Gasteiger partial charge in [0.15, 0.2) is 7.47 Å². The van der Waals surface area contributed by atoms with Crippen LogP contribution in [0.15, 0.2) is 24.3 Å². The molecule has 0 radical (unpaired) electrons. The van der Waals surface area contributed by atoms with Gasteiger partial charge in [-0.3, -0.25) is 0 Å². The highest BCUT2D eigenvalue weighted by Gasteiger charge is 2.42. The minimum atomic E-state index is -0.659. The Hall–Kier alpha value is -0.0000000000000000833. The lowest BCUT2D eigenvalue weighted by Gasteiger charge is -2.41. The predicted molar refractivity (Wildman–Crippen MR) is 139 cm³/mol. The number of halogens is 4. The maximum atomic E-state index is 12.5. The lowest BCUT2D eigenvalue weighted by Crippen LogP contribution is -2.51. The Morgan fingerprint density at radius 2 is 1.72 bits per heavy atom. The van der Waals surface area contributed by atoms with E-state index in [-0.39, 0.29) is 17.9 Å². The first-order valence-electron chi connectivity index (χ1n) is 10.7. The van der Waals surface area contributed by atoms with Gasteiger partial charge in [0.1, 0.15) is 11.2 Å². The first kappa shape index (κ1) is 26.6. The number of carbonyl (C=O) groups is 2. The summed E-state index contributed by atoms with van der Waals surface area (Å²) in [7, 11) is 0. The molecular formula is C22H28Br4N2O4. The van der Waals surface area contributed by atoms with Crippen molar-refractivity contribution in [3.63, 3.8) is 0 Å². The molecular weight excluding hydrogens is 676 g/mol. The molecule has 0 aliphatic carbocycles. The fourth-order valence-corrected chi connectivity index (χ4v) is 4.95. The molecule has 2 unspecified atom stereocenters. The Labute approximate surface area is 222 Å². The van der Waals surface area contributed by atoms with E-state index in [2.05, 4.69) is 86.5 Å². The highest BCUT2D eigenvalue weighted by atomic mass is 79.9. The number of benzene rings is 1. The van der Waals surface area contributed by atoms with Crippen molar-refractivity contribution in [3.05, 3.63) is 35.4 Å². The second-order valence-corrected chi connectivity index (χ2v) is 14.5. The zero-order valence-corrected chi connectivity index (χ0v) is 24.2. The van der Waals surface area contributed by atoms with Crippen LogP contribution in [0, 0.1) is 0 Å². The number of hydrogen-bond donors (Lipinski definition) is 2. The summed E-state index contributed by atoms with van der Waals surface area (Å²) in [6, 6.07) is 8.34. The van der Waals surface area contributed by atoms with Gasteiger partial charge in [-0.2, -0.15) is 0 Å². The van der Waals surface area contributed by atoms with Crippen molar-refractivity contribution < 1.29 is 19.1 Å². The Balaban J connectivity index is 1.86. The molecule has 2 aliphatic rings. The second-order valence-electron chi connectivity index (χ2n) is 8.38. The minimum absolute atomic E-state index is 0.176. The van der Waals surface area contributed by atoms with Crippen LogP contribution in [0.3, 0.4) is 0 Å². The van der Waals surface area contributed by atoms with Gasteiger partial charge in [-0.1, -0.05) is 94.9 Å². The molecule has 0 amide bonds. The van der Waals surface area contributed by atoms with Crippen molar-refractivity contribution in [3.8, 4) is 0 Å². The smallest absolute Gasteiger partial charge is 0.331 e. The number of carbonyl (C=O) groups excluding carboxylic acids is 2. The van der Waals surface area contributed by atoms with E-state index in [0.717, 1.165) is 43.6 Å². The third kappa shape index (κ3) is 6.36. The quantitative estimate of drug-likeness (QED) is 0.314. The van der Waals surface area contributed by atoms with Crippen LogP contribution in [-0.4, -0.2) is 51.2 Å². The molecule has 10 heteroatoms. The van der Waals surface area contributed by atoms with Gasteiger partial charge in [0.25, 0.3) is 0 Å². The number of piperidine rings is 2. The number of esters is 2. The first-order chi connectivity index (χ1) is 15.2. The van der Waals surface area contributed by atoms with Crippen LogP contribution in [0.5, 0.6) is 0 Å². The number of nitrogens with one attached hydrogen (secondary N) is 2. The van der Waals surface area contributed by atoms with E-state index in [9.17, 15) is 9.59 Å². The number of alkyl halides is 4. The van der Waals surface area contributed by atoms with Crippen molar-refractivity contribution in [1.82, 2.24) is 10.6 Å². The SMILES string of the molecule is CCC1(OC(=O)C(Br)Br)CNCC(c2cccc(C3(OC(=O)C(Br)Br)CCNCC3)c2)C1. The van der Waals surface area contributed by atoms with E-state index in [1.54, 1.807) is 0 Å². The van der Waals surface area contributed by atoms with Gasteiger partial charge in [-0.05, 0) is 37.1 Å². The molecule has 2 heterocycles. The zero-order valence-electron chi connectivity index (χ0n) is 17.8. The fraction of sp³-hybridized carbons (Fsp3) is 0.636. The van der Waals surface area contributed by atoms with Crippen LogP contribution in [0.1, 0.15) is 49.7 Å². The van der Waals surface area contributed by atoms with Crippen molar-refractivity contribution >= 4 is 75.7 Å². The molecule has 1 aromatic rings. The molecule has 0 bridgehead atoms. The molecule has 178 valence electrons. The standard InChI is InChI=1S/C22H28Br4N2O4/c1-2-21(31-19(29)17(23)24)11-15(12-28-13-21)14-4-3-5-16(10-14)22(6-8-27-9-7-22)32-20(30)18(25)26/h3-5,10,15,17-18,27-28H,2,6-9,11-13H2,1H3. The molecule has 0 saturated carbocycles. The van der Waals surface area contributed by atoms with Crippen molar-refractivity contribution in [1.29, 1.82) is 0 Å². The van der Waals surface area contributed by atoms with Crippen molar-refractivity contribution in [2.45, 2.75) is 57.2 Å². The summed E-state index contributed by atoms with van der Waals surface area (Å²) in [5.41, 5.74) is 0.943. The summed E-state index contributed by atoms with van der Waals surface area (Å²) in [6.45, 7) is 5.04. The van der Waals surface area contributed by atoms with Gasteiger partial charge in [0, 0.05) is 31.8 Å². The van der Waals surface area contributed by atoms with E-state index in [0.29, 0.717) is 19.4 Å². The maximum Gasteiger partial charge on any atom is 0.331 e. The predicted octanol–water partition coefficient (Wildman–Crippen LogP) is 4.81. The lowest BCUT2D eigenvalue weighted by atomic mass is 9.78. The number of hydrogen-bond acceptors (Lipinski definition) is 6. The zero-order chi connectivity index (χ0) is 23.4. The Morgan fingerprint density at radius 1 is 1.06 bits per heavy atom. The van der Waals surface area contributed by atoms with Crippen LogP contribution >= 0.6 is 63.7 Å². The maximum absolute atomic E-state index is 12.5. The molecule has 1 aromatic carbocycles. The van der Waals surface area contributed by atoms with Crippen LogP contribution in [0.25, 0.3) is 0 Å². The number of rotatable bonds is 7. The average Bonchev–Trinajstić information content (AvgIpc) is 2.79. The van der Waals surface area contributed by atoms with Gasteiger partial charge < -0.3 is 20.1 Å². The number of ether oxygens (including phenoxy) is 2. The van der Waals surface area contributed by atoms with Gasteiger partial charge >= 0.3 is 11.9 Å². The van der Waals surface area contributed by atoms with Crippen LogP contribution in [-0.2, 0) is 24.7 Å². The van der Waals surface area contributed by atoms with Crippen LogP contribution in [0.2, 0.25) is 0 Å². The topological polar surface area (TPSA) is 76.7 Å². The fourth-order valence-electron chi connectivity index (χ4n) is 4.57. The van der Waals surface area contributed by atoms with E-state index < -0.39 is 18.7 Å². The summed E-state index contributed by atoms with van der Waals surface area (Å²) >= 11 is 13.0. The molecule has 2 aliphatic heterocycles. The van der Waals surface area contributed by atoms with Crippen LogP contribution in [0.4, 0.5) is 0 Å². The third-order valence-electron chi connectivity index (χ3n) is 6.37. The molecule has 32 heavy (non-hydrogen) atoms. The van der Waals surface area contributed by atoms with Crippen molar-refractivity contribution in [2.75, 3.05) is 26.2 Å². The van der Waals surface area contributed by atoms with E-state index in [1.807, 2.05) is 19.1 Å². The highest BCUT2D eigenvalue weighted by Crippen LogP contribution is 2.40. The summed E-state index contributed by atoms with van der Waals surface area (Å²) < 4.78 is 10.9. The van der Waals surface area contributed by atoms with Gasteiger partial charge in [0.05, 0.1) is 0 Å². The van der Waals surface area contributed by atoms with Crippen LogP contribution < -0.4 is 10.6 Å². The summed E-state index contributed by atoms with van der Waals surface area (Å²) in [5, 5.41) is 6.81. The molecule has 2 atom stereocenters. The normalized spacial score (nSPS) is 25.5. The highest BCUT2D eigenvalue weighted by molar-refractivity contribution is 9.25. The van der Waals surface area contributed by atoms with Crippen molar-refractivity contribution in [2.24, 2.45) is 0 Å². The Bertz CT molecular complexity index is 817. The molecule has 0 aromatic heterocycles. The van der Waals surface area contributed by atoms with E-state index in [1.165, 1.54) is 0 Å². The third-order valence-corrected chi connectivity index (χ3v) is 7.86. The average molecular weight is 704 g/mol. The Kier molecular flexibility index (Phi) is 9.66. The van der Waals surface area contributed by atoms with Gasteiger partial charge in [-0.25, -0.2) is 9.59 Å². The summed E-state index contributed by atoms with van der Waals surface area (Å²) in [4.78, 5) is 24.7. The molecule has 0 spiro atoms. The van der Waals surface area contributed by atoms with E-state index in [4.69, 9.17) is 9.47 Å². The monoisotopic (exact) mass is 700 g/mol. The molecule has 2 saturated heterocycles. The Morgan fingerprint density at radius 3 is 2.34 bits per heavy atom. The molecule has 6 nitrogen and oxygen atoms in total. The lowest BCUT2D eigenvalue weighted by molar-refractivity contribution is -0.161. The largest absolute Gasteiger partial charge is 0.456 e. The van der Waals surface area contributed by atoms with Gasteiger partial charge in [-0.15, -0.1) is 0 Å².